The molecule has 1 aliphatic carbocycles. The zero-order valence-electron chi connectivity index (χ0n) is 19.1. The van der Waals surface area contributed by atoms with E-state index < -0.39 is 0 Å². The first-order valence-electron chi connectivity index (χ1n) is 12.2. The zero-order valence-corrected chi connectivity index (χ0v) is 19.1. The van der Waals surface area contributed by atoms with Crippen LogP contribution in [0.25, 0.3) is 0 Å². The predicted molar refractivity (Wildman–Crippen MR) is 128 cm³/mol. The molecule has 7 heteroatoms. The van der Waals surface area contributed by atoms with Crippen molar-refractivity contribution in [1.82, 2.24) is 15.2 Å². The maximum absolute atomic E-state index is 12.9. The van der Waals surface area contributed by atoms with Crippen molar-refractivity contribution >= 4 is 17.9 Å². The van der Waals surface area contributed by atoms with E-state index in [1.165, 1.54) is 32.1 Å². The van der Waals surface area contributed by atoms with Crippen LogP contribution in [0.1, 0.15) is 55.3 Å². The lowest BCUT2D eigenvalue weighted by molar-refractivity contribution is 0.0599. The summed E-state index contributed by atoms with van der Waals surface area (Å²) in [7, 11) is 0. The third kappa shape index (κ3) is 6.17. The smallest absolute Gasteiger partial charge is 0.253 e. The first-order valence-corrected chi connectivity index (χ1v) is 12.2. The number of carbonyl (C=O) groups excluding carboxylic acids is 1. The van der Waals surface area contributed by atoms with Crippen molar-refractivity contribution < 1.29 is 9.53 Å². The molecule has 1 saturated heterocycles. The van der Waals surface area contributed by atoms with Crippen molar-refractivity contribution in [3.8, 4) is 0 Å². The summed E-state index contributed by atoms with van der Waals surface area (Å²) in [6, 6.07) is 3.98. The van der Waals surface area contributed by atoms with Crippen LogP contribution in [0.3, 0.4) is 0 Å². The number of amides is 1. The second kappa shape index (κ2) is 11.6. The maximum atomic E-state index is 12.9. The van der Waals surface area contributed by atoms with Crippen molar-refractivity contribution in [3.63, 3.8) is 0 Å². The Kier molecular flexibility index (Phi) is 8.29. The molecule has 1 saturated carbocycles. The molecule has 0 radical (unpaired) electrons. The fraction of sp³-hybridized carbons (Fsp3) is 0.640. The zero-order chi connectivity index (χ0) is 22.2. The molecule has 0 spiro atoms. The Hall–Kier alpha value is -2.25. The number of hydrogen-bond acceptors (Lipinski definition) is 6. The van der Waals surface area contributed by atoms with Crippen LogP contribution >= 0.6 is 0 Å². The van der Waals surface area contributed by atoms with Crippen LogP contribution in [0.2, 0.25) is 0 Å². The molecule has 2 aliphatic heterocycles. The topological polar surface area (TPSA) is 70.1 Å². The second-order valence-corrected chi connectivity index (χ2v) is 9.33. The third-order valence-corrected chi connectivity index (χ3v) is 6.88. The van der Waals surface area contributed by atoms with Gasteiger partial charge in [0.15, 0.2) is 0 Å². The molecule has 4 rings (SSSR count). The van der Waals surface area contributed by atoms with Crippen LogP contribution < -0.4 is 10.3 Å². The maximum Gasteiger partial charge on any atom is 0.253 e. The minimum absolute atomic E-state index is 0.0137. The van der Waals surface area contributed by atoms with Crippen molar-refractivity contribution in [2.75, 3.05) is 44.4 Å². The number of hydrazone groups is 1. The highest BCUT2D eigenvalue weighted by atomic mass is 16.5. The second-order valence-electron chi connectivity index (χ2n) is 9.33. The van der Waals surface area contributed by atoms with Gasteiger partial charge < -0.3 is 15.0 Å². The van der Waals surface area contributed by atoms with E-state index in [0.717, 1.165) is 51.4 Å². The normalized spacial score (nSPS) is 26.2. The summed E-state index contributed by atoms with van der Waals surface area (Å²) in [5, 5.41) is 9.49. The Balaban J connectivity index is 1.30. The average molecular weight is 440 g/mol. The molecule has 0 bridgehead atoms. The summed E-state index contributed by atoms with van der Waals surface area (Å²) in [4.78, 5) is 20.0. The van der Waals surface area contributed by atoms with E-state index in [9.17, 15) is 4.79 Å². The van der Waals surface area contributed by atoms with Gasteiger partial charge in [-0.25, -0.2) is 9.99 Å². The molecule has 3 aliphatic rings. The Morgan fingerprint density at radius 2 is 2.12 bits per heavy atom. The minimum Gasteiger partial charge on any atom is -0.377 e. The van der Waals surface area contributed by atoms with Crippen LogP contribution in [0, 0.1) is 11.8 Å². The lowest BCUT2D eigenvalue weighted by Crippen LogP contribution is -2.48. The van der Waals surface area contributed by atoms with Gasteiger partial charge in [-0.05, 0) is 56.2 Å². The van der Waals surface area contributed by atoms with Gasteiger partial charge in [0.05, 0.1) is 18.8 Å². The standard InChI is InChI=1S/C25H37N5O2/c1-2-15-32-19-20-7-5-13-29(17-20)18-22-8-3-4-9-23(22)28-25(31)21-10-11-24(26-16-21)30-14-6-12-27-30/h2,10-12,16,20,22-23H,1,3-9,13-15,17-19H2,(H,28,31)/t20-,22+,23-/m1/s1. The van der Waals surface area contributed by atoms with Crippen molar-refractivity contribution in [1.29, 1.82) is 0 Å². The third-order valence-electron chi connectivity index (χ3n) is 6.88. The first kappa shape index (κ1) is 22.9. The van der Waals surface area contributed by atoms with Gasteiger partial charge in [-0.3, -0.25) is 4.79 Å². The van der Waals surface area contributed by atoms with Crippen LogP contribution in [0.4, 0.5) is 5.82 Å². The molecule has 1 amide bonds. The molecule has 32 heavy (non-hydrogen) atoms. The molecule has 3 heterocycles. The van der Waals surface area contributed by atoms with Gasteiger partial charge in [0.1, 0.15) is 5.82 Å². The van der Waals surface area contributed by atoms with E-state index in [4.69, 9.17) is 4.74 Å². The summed E-state index contributed by atoms with van der Waals surface area (Å²) >= 11 is 0. The molecular formula is C25H37N5O2. The highest BCUT2D eigenvalue weighted by Gasteiger charge is 2.30. The SMILES string of the molecule is C=CCOC[C@@H]1CCCN(C[C@@H]2CCCC[C@H]2NC(=O)c2ccc(N3CCC=N3)nc2)C1. The van der Waals surface area contributed by atoms with Gasteiger partial charge in [0.25, 0.3) is 5.91 Å². The summed E-state index contributed by atoms with van der Waals surface area (Å²) in [5.74, 6) is 1.89. The van der Waals surface area contributed by atoms with Crippen LogP contribution in [0.15, 0.2) is 36.1 Å². The van der Waals surface area contributed by atoms with E-state index in [0.29, 0.717) is 24.0 Å². The summed E-state index contributed by atoms with van der Waals surface area (Å²) in [5.41, 5.74) is 0.624. The van der Waals surface area contributed by atoms with Crippen molar-refractivity contribution in [3.05, 3.63) is 36.5 Å². The van der Waals surface area contributed by atoms with Gasteiger partial charge in [-0.15, -0.1) is 6.58 Å². The first-order chi connectivity index (χ1) is 15.7. The quantitative estimate of drug-likeness (QED) is 0.471. The van der Waals surface area contributed by atoms with Crippen LogP contribution in [-0.4, -0.2) is 67.4 Å². The van der Waals surface area contributed by atoms with E-state index in [-0.39, 0.29) is 11.9 Å². The Labute approximate surface area is 191 Å². The number of piperidine rings is 1. The number of likely N-dealkylation sites (tertiary alicyclic amines) is 1. The molecule has 174 valence electrons. The number of aromatic nitrogens is 1. The number of hydrogen-bond donors (Lipinski definition) is 1. The summed E-state index contributed by atoms with van der Waals surface area (Å²) in [6.07, 6.45) is 13.5. The Bertz CT molecular complexity index is 781. The van der Waals surface area contributed by atoms with Gasteiger partial charge in [0.2, 0.25) is 0 Å². The molecule has 1 N–H and O–H groups in total. The largest absolute Gasteiger partial charge is 0.377 e. The number of rotatable bonds is 9. The highest BCUT2D eigenvalue weighted by Crippen LogP contribution is 2.28. The molecule has 7 nitrogen and oxygen atoms in total. The predicted octanol–water partition coefficient (Wildman–Crippen LogP) is 3.48. The summed E-state index contributed by atoms with van der Waals surface area (Å²) < 4.78 is 5.71. The lowest BCUT2D eigenvalue weighted by Gasteiger charge is -2.39. The average Bonchev–Trinajstić information content (AvgIpc) is 3.36. The number of nitrogens with one attached hydrogen (secondary N) is 1. The molecule has 0 aromatic carbocycles. The van der Waals surface area contributed by atoms with E-state index in [2.05, 4.69) is 26.9 Å². The van der Waals surface area contributed by atoms with Crippen molar-refractivity contribution in [2.24, 2.45) is 16.9 Å². The number of ether oxygens (including phenoxy) is 1. The summed E-state index contributed by atoms with van der Waals surface area (Å²) in [6.45, 7) is 9.34. The lowest BCUT2D eigenvalue weighted by atomic mass is 9.83. The van der Waals surface area contributed by atoms with Crippen molar-refractivity contribution in [2.45, 2.75) is 51.0 Å². The van der Waals surface area contributed by atoms with Gasteiger partial charge in [0, 0.05) is 44.5 Å². The Morgan fingerprint density at radius 1 is 1.22 bits per heavy atom. The molecule has 2 fully saturated rings. The van der Waals surface area contributed by atoms with Gasteiger partial charge in [-0.2, -0.15) is 5.10 Å². The molecular weight excluding hydrogens is 402 g/mol. The number of carbonyl (C=O) groups is 1. The molecule has 0 unspecified atom stereocenters. The Morgan fingerprint density at radius 3 is 2.91 bits per heavy atom. The number of pyridine rings is 1. The number of anilines is 1. The molecule has 1 aromatic heterocycles. The fourth-order valence-corrected chi connectivity index (χ4v) is 5.21. The van der Waals surface area contributed by atoms with Crippen LogP contribution in [-0.2, 0) is 4.74 Å². The molecule has 3 atom stereocenters. The van der Waals surface area contributed by atoms with E-state index >= 15 is 0 Å². The minimum atomic E-state index is -0.0137. The van der Waals surface area contributed by atoms with E-state index in [1.54, 1.807) is 6.20 Å². The van der Waals surface area contributed by atoms with E-state index in [1.807, 2.05) is 29.4 Å². The highest BCUT2D eigenvalue weighted by molar-refractivity contribution is 5.94. The molecule has 1 aromatic rings. The van der Waals surface area contributed by atoms with Gasteiger partial charge >= 0.3 is 0 Å². The fourth-order valence-electron chi connectivity index (χ4n) is 5.21. The van der Waals surface area contributed by atoms with Gasteiger partial charge in [-0.1, -0.05) is 18.9 Å². The monoisotopic (exact) mass is 439 g/mol. The number of nitrogens with zero attached hydrogens (tertiary/aromatic N) is 4. The van der Waals surface area contributed by atoms with Crippen LogP contribution in [0.5, 0.6) is 0 Å².